The van der Waals surface area contributed by atoms with Gasteiger partial charge in [-0.25, -0.2) is 13.8 Å². The molecule has 0 bridgehead atoms. The molecule has 2 heterocycles. The van der Waals surface area contributed by atoms with Crippen molar-refractivity contribution in [1.82, 2.24) is 26.0 Å². The van der Waals surface area contributed by atoms with Gasteiger partial charge in [-0.2, -0.15) is 0 Å². The van der Waals surface area contributed by atoms with Gasteiger partial charge in [-0.15, -0.1) is 0 Å². The summed E-state index contributed by atoms with van der Waals surface area (Å²) >= 11 is 0. The predicted octanol–water partition coefficient (Wildman–Crippen LogP) is 1.73. The average Bonchev–Trinajstić information content (AvgIpc) is 3.01. The van der Waals surface area contributed by atoms with Crippen LogP contribution in [0.25, 0.3) is 0 Å². The molecule has 0 aromatic heterocycles. The summed E-state index contributed by atoms with van der Waals surface area (Å²) in [5.74, 6) is -3.14. The lowest BCUT2D eigenvalue weighted by molar-refractivity contribution is -0.126. The molecule has 1 aromatic carbocycles. The first-order chi connectivity index (χ1) is 14.1. The van der Waals surface area contributed by atoms with Gasteiger partial charge in [-0.3, -0.25) is 14.5 Å². The number of benzene rings is 1. The van der Waals surface area contributed by atoms with E-state index in [0.717, 1.165) is 38.1 Å². The summed E-state index contributed by atoms with van der Waals surface area (Å²) in [6, 6.07) is 2.43. The Balaban J connectivity index is 1.63. The van der Waals surface area contributed by atoms with E-state index in [9.17, 15) is 18.4 Å². The zero-order valence-corrected chi connectivity index (χ0v) is 17.8. The van der Waals surface area contributed by atoms with E-state index in [1.807, 2.05) is 0 Å². The fraction of sp³-hybridized carbons (Fsp3) is 0.524. The highest BCUT2D eigenvalue weighted by Gasteiger charge is 2.35. The van der Waals surface area contributed by atoms with Crippen LogP contribution in [-0.2, 0) is 4.79 Å². The molecule has 0 saturated carbocycles. The van der Waals surface area contributed by atoms with Crippen LogP contribution in [0.2, 0.25) is 0 Å². The van der Waals surface area contributed by atoms with E-state index >= 15 is 0 Å². The van der Waals surface area contributed by atoms with E-state index in [4.69, 9.17) is 0 Å². The Kier molecular flexibility index (Phi) is 6.42. The van der Waals surface area contributed by atoms with Gasteiger partial charge < -0.3 is 16.1 Å². The highest BCUT2D eigenvalue weighted by atomic mass is 19.1. The number of hydrazine groups is 1. The second-order valence-electron chi connectivity index (χ2n) is 8.73. The van der Waals surface area contributed by atoms with Crippen LogP contribution in [0.15, 0.2) is 30.1 Å². The van der Waals surface area contributed by atoms with Crippen LogP contribution in [0.3, 0.4) is 0 Å². The van der Waals surface area contributed by atoms with Gasteiger partial charge >= 0.3 is 0 Å². The minimum atomic E-state index is -0.959. The van der Waals surface area contributed by atoms with Crippen molar-refractivity contribution in [2.75, 3.05) is 20.1 Å². The summed E-state index contributed by atoms with van der Waals surface area (Å²) in [4.78, 5) is 27.7. The summed E-state index contributed by atoms with van der Waals surface area (Å²) in [5.41, 5.74) is 2.49. The van der Waals surface area contributed by atoms with E-state index < -0.39 is 29.1 Å². The predicted molar refractivity (Wildman–Crippen MR) is 109 cm³/mol. The lowest BCUT2D eigenvalue weighted by atomic mass is 9.98. The molecule has 9 heteroatoms. The van der Waals surface area contributed by atoms with Gasteiger partial charge in [-0.05, 0) is 45.7 Å². The minimum absolute atomic E-state index is 0.0334. The maximum Gasteiger partial charge on any atom is 0.261 e. The molecule has 3 N–H and O–H groups in total. The van der Waals surface area contributed by atoms with Crippen LogP contribution in [0.4, 0.5) is 8.78 Å². The van der Waals surface area contributed by atoms with E-state index in [0.29, 0.717) is 0 Å². The third kappa shape index (κ3) is 4.79. The molecule has 0 spiro atoms. The lowest BCUT2D eigenvalue weighted by Crippen LogP contribution is -2.55. The maximum absolute atomic E-state index is 13.9. The molecule has 2 aliphatic rings. The normalized spacial score (nSPS) is 21.1. The Hall–Kier alpha value is -2.52. The number of rotatable bonds is 4. The number of piperidine rings is 1. The standard InChI is InChI=1S/C21H29F2N5O2/c1-21(2,3)28-10-8-13(9-11-28)25-20(30)18-16(12-24-27(18)4)26-19(29)17-14(22)6-5-7-15(17)23/h5-7,12-13,18,24H,8-11H2,1-4H3,(H,25,30)(H,26,29). The first-order valence-corrected chi connectivity index (χ1v) is 10.1. The van der Waals surface area contributed by atoms with Crippen molar-refractivity contribution in [3.05, 3.63) is 47.3 Å². The average molecular weight is 421 g/mol. The van der Waals surface area contributed by atoms with Gasteiger partial charge in [0.15, 0.2) is 0 Å². The summed E-state index contributed by atoms with van der Waals surface area (Å²) in [6.45, 7) is 8.29. The molecule has 1 atom stereocenters. The zero-order chi connectivity index (χ0) is 22.1. The van der Waals surface area contributed by atoms with E-state index in [2.05, 4.69) is 41.7 Å². The molecule has 1 fully saturated rings. The zero-order valence-electron chi connectivity index (χ0n) is 17.8. The van der Waals surface area contributed by atoms with Crippen molar-refractivity contribution >= 4 is 11.8 Å². The molecule has 1 saturated heterocycles. The molecule has 2 aliphatic heterocycles. The van der Waals surface area contributed by atoms with Gasteiger partial charge in [0.2, 0.25) is 5.91 Å². The van der Waals surface area contributed by atoms with E-state index in [1.165, 1.54) is 17.3 Å². The number of likely N-dealkylation sites (N-methyl/N-ethyl adjacent to an activating group) is 1. The van der Waals surface area contributed by atoms with Crippen LogP contribution >= 0.6 is 0 Å². The number of hydrogen-bond acceptors (Lipinski definition) is 5. The highest BCUT2D eigenvalue weighted by molar-refractivity contribution is 5.97. The first kappa shape index (κ1) is 22.2. The Morgan fingerprint density at radius 2 is 1.73 bits per heavy atom. The number of carbonyl (C=O) groups excluding carboxylic acids is 2. The molecule has 1 unspecified atom stereocenters. The second-order valence-corrected chi connectivity index (χ2v) is 8.73. The molecule has 3 rings (SSSR count). The summed E-state index contributed by atoms with van der Waals surface area (Å²) < 4.78 is 27.8. The van der Waals surface area contributed by atoms with E-state index in [-0.39, 0.29) is 23.2 Å². The molecular weight excluding hydrogens is 392 g/mol. The van der Waals surface area contributed by atoms with Gasteiger partial charge in [0.1, 0.15) is 23.2 Å². The largest absolute Gasteiger partial charge is 0.351 e. The number of carbonyl (C=O) groups is 2. The van der Waals surface area contributed by atoms with Crippen molar-refractivity contribution in [3.63, 3.8) is 0 Å². The maximum atomic E-state index is 13.9. The number of nitrogens with zero attached hydrogens (tertiary/aromatic N) is 2. The third-order valence-corrected chi connectivity index (χ3v) is 5.59. The molecular formula is C21H29F2N5O2. The van der Waals surface area contributed by atoms with Gasteiger partial charge in [-0.1, -0.05) is 6.07 Å². The molecule has 0 radical (unpaired) electrons. The van der Waals surface area contributed by atoms with Gasteiger partial charge in [0.25, 0.3) is 5.91 Å². The molecule has 2 amide bonds. The van der Waals surface area contributed by atoms with Crippen molar-refractivity contribution in [2.45, 2.75) is 51.2 Å². The smallest absolute Gasteiger partial charge is 0.261 e. The monoisotopic (exact) mass is 421 g/mol. The van der Waals surface area contributed by atoms with Gasteiger partial charge in [0.05, 0.1) is 5.70 Å². The number of likely N-dealkylation sites (tertiary alicyclic amines) is 1. The SMILES string of the molecule is CN1NC=C(NC(=O)c2c(F)cccc2F)C1C(=O)NC1CCN(C(C)(C)C)CC1. The number of nitrogens with one attached hydrogen (secondary N) is 3. The summed E-state index contributed by atoms with van der Waals surface area (Å²) in [6.07, 6.45) is 3.11. The fourth-order valence-corrected chi connectivity index (χ4v) is 3.84. The van der Waals surface area contributed by atoms with Crippen LogP contribution in [0.1, 0.15) is 44.0 Å². The minimum Gasteiger partial charge on any atom is -0.351 e. The molecule has 164 valence electrons. The highest BCUT2D eigenvalue weighted by Crippen LogP contribution is 2.21. The Bertz CT molecular complexity index is 824. The Morgan fingerprint density at radius 3 is 2.30 bits per heavy atom. The van der Waals surface area contributed by atoms with Crippen molar-refractivity contribution in [1.29, 1.82) is 0 Å². The topological polar surface area (TPSA) is 76.7 Å². The molecule has 30 heavy (non-hydrogen) atoms. The summed E-state index contributed by atoms with van der Waals surface area (Å²) in [7, 11) is 1.66. The van der Waals surface area contributed by atoms with Crippen LogP contribution in [-0.4, -0.2) is 59.5 Å². The van der Waals surface area contributed by atoms with Crippen LogP contribution in [0.5, 0.6) is 0 Å². The lowest BCUT2D eigenvalue weighted by Gasteiger charge is -2.41. The molecule has 7 nitrogen and oxygen atoms in total. The summed E-state index contributed by atoms with van der Waals surface area (Å²) in [5, 5.41) is 7.05. The quantitative estimate of drug-likeness (QED) is 0.691. The van der Waals surface area contributed by atoms with Crippen molar-refractivity contribution in [2.24, 2.45) is 0 Å². The van der Waals surface area contributed by atoms with Crippen LogP contribution < -0.4 is 16.1 Å². The van der Waals surface area contributed by atoms with Crippen molar-refractivity contribution < 1.29 is 18.4 Å². The fourth-order valence-electron chi connectivity index (χ4n) is 3.84. The Labute approximate surface area is 175 Å². The molecule has 0 aliphatic carbocycles. The second kappa shape index (κ2) is 8.69. The van der Waals surface area contributed by atoms with Gasteiger partial charge in [0, 0.05) is 37.9 Å². The number of hydrogen-bond donors (Lipinski definition) is 3. The Morgan fingerprint density at radius 1 is 1.13 bits per heavy atom. The molecule has 1 aromatic rings. The van der Waals surface area contributed by atoms with E-state index in [1.54, 1.807) is 7.05 Å². The third-order valence-electron chi connectivity index (χ3n) is 5.59. The number of halogens is 2. The van der Waals surface area contributed by atoms with Crippen molar-refractivity contribution in [3.8, 4) is 0 Å². The number of amides is 2. The first-order valence-electron chi connectivity index (χ1n) is 10.1. The van der Waals surface area contributed by atoms with Crippen LogP contribution in [0, 0.1) is 11.6 Å².